The van der Waals surface area contributed by atoms with Gasteiger partial charge in [0.2, 0.25) is 0 Å². The second kappa shape index (κ2) is 5.28. The summed E-state index contributed by atoms with van der Waals surface area (Å²) < 4.78 is 1.81. The number of hydrogen-bond acceptors (Lipinski definition) is 2. The fourth-order valence-electron chi connectivity index (χ4n) is 0.894. The standard InChI is InChI=1S/C4H9N.C3H5N2P/c1-2-4-5-3-1;6-5-2-1-4-3-5/h5H,1-4H2;1-3H,6H2. The van der Waals surface area contributed by atoms with Gasteiger partial charge in [-0.1, -0.05) is 0 Å². The largest absolute Gasteiger partial charge is 0.322 e. The van der Waals surface area contributed by atoms with Crippen molar-refractivity contribution < 1.29 is 0 Å². The molecule has 0 saturated carbocycles. The maximum atomic E-state index is 3.76. The molecule has 0 spiro atoms. The van der Waals surface area contributed by atoms with Crippen molar-refractivity contribution in [3.8, 4) is 0 Å². The van der Waals surface area contributed by atoms with E-state index in [0.717, 1.165) is 0 Å². The molecule has 1 aliphatic rings. The number of nitrogens with zero attached hydrogens (tertiary/aromatic N) is 2. The molecule has 62 valence electrons. The molecular weight excluding hydrogens is 157 g/mol. The Labute approximate surface area is 69.5 Å². The van der Waals surface area contributed by atoms with E-state index in [-0.39, 0.29) is 0 Å². The van der Waals surface area contributed by atoms with Crippen LogP contribution in [0.3, 0.4) is 0 Å². The van der Waals surface area contributed by atoms with Gasteiger partial charge in [-0.05, 0) is 35.3 Å². The summed E-state index contributed by atoms with van der Waals surface area (Å²) in [6.45, 7) is 2.50. The molecule has 2 heterocycles. The molecule has 0 bridgehead atoms. The Bertz CT molecular complexity index is 162. The van der Waals surface area contributed by atoms with Gasteiger partial charge in [0.15, 0.2) is 0 Å². The van der Waals surface area contributed by atoms with Gasteiger partial charge in [0.05, 0.1) is 6.33 Å². The normalized spacial score (nSPS) is 15.7. The molecule has 1 aliphatic heterocycles. The molecule has 1 fully saturated rings. The molecule has 1 atom stereocenters. The van der Waals surface area contributed by atoms with Crippen LogP contribution in [0.4, 0.5) is 0 Å². The highest BCUT2D eigenvalue weighted by atomic mass is 31.0. The van der Waals surface area contributed by atoms with Gasteiger partial charge >= 0.3 is 0 Å². The first kappa shape index (κ1) is 8.69. The van der Waals surface area contributed by atoms with Crippen LogP contribution in [0.25, 0.3) is 0 Å². The van der Waals surface area contributed by atoms with E-state index in [2.05, 4.69) is 19.7 Å². The summed E-state index contributed by atoms with van der Waals surface area (Å²) in [5, 5.41) is 3.22. The summed E-state index contributed by atoms with van der Waals surface area (Å²) in [7, 11) is 2.47. The summed E-state index contributed by atoms with van der Waals surface area (Å²) >= 11 is 0. The van der Waals surface area contributed by atoms with Gasteiger partial charge in [-0.3, -0.25) is 0 Å². The minimum absolute atomic E-state index is 1.25. The third kappa shape index (κ3) is 4.12. The summed E-state index contributed by atoms with van der Waals surface area (Å²) in [6.07, 6.45) is 8.07. The fraction of sp³-hybridized carbons (Fsp3) is 0.571. The van der Waals surface area contributed by atoms with Crippen LogP contribution >= 0.6 is 9.39 Å². The fourth-order valence-corrected chi connectivity index (χ4v) is 1.05. The van der Waals surface area contributed by atoms with Crippen molar-refractivity contribution in [2.24, 2.45) is 0 Å². The third-order valence-corrected chi connectivity index (χ3v) is 1.79. The van der Waals surface area contributed by atoms with Crippen molar-refractivity contribution in [1.29, 1.82) is 0 Å². The van der Waals surface area contributed by atoms with Gasteiger partial charge in [-0.2, -0.15) is 0 Å². The Kier molecular flexibility index (Phi) is 4.17. The molecule has 2 rings (SSSR count). The molecule has 0 aliphatic carbocycles. The van der Waals surface area contributed by atoms with Crippen LogP contribution in [0.1, 0.15) is 12.8 Å². The quantitative estimate of drug-likeness (QED) is 0.587. The van der Waals surface area contributed by atoms with E-state index in [4.69, 9.17) is 0 Å². The number of aromatic nitrogens is 2. The van der Waals surface area contributed by atoms with Gasteiger partial charge in [-0.15, -0.1) is 0 Å². The summed E-state index contributed by atoms with van der Waals surface area (Å²) in [4.78, 5) is 3.76. The number of rotatable bonds is 0. The first-order valence-electron chi connectivity index (χ1n) is 3.83. The minimum atomic E-state index is 1.25. The SMILES string of the molecule is C1CCNC1.Pn1ccnc1. The highest BCUT2D eigenvalue weighted by Crippen LogP contribution is 1.90. The average molecular weight is 171 g/mol. The second-order valence-electron chi connectivity index (χ2n) is 2.47. The van der Waals surface area contributed by atoms with E-state index in [1.54, 1.807) is 16.9 Å². The molecule has 1 aromatic rings. The van der Waals surface area contributed by atoms with Gasteiger partial charge in [0.1, 0.15) is 0 Å². The van der Waals surface area contributed by atoms with Crippen LogP contribution in [-0.2, 0) is 0 Å². The monoisotopic (exact) mass is 171 g/mol. The lowest BCUT2D eigenvalue weighted by molar-refractivity contribution is 0.857. The molecule has 1 unspecified atom stereocenters. The highest BCUT2D eigenvalue weighted by Gasteiger charge is 1.93. The van der Waals surface area contributed by atoms with Crippen molar-refractivity contribution in [3.63, 3.8) is 0 Å². The number of imidazole rings is 1. The maximum absolute atomic E-state index is 3.76. The number of nitrogens with one attached hydrogen (secondary N) is 1. The molecule has 1 saturated heterocycles. The summed E-state index contributed by atoms with van der Waals surface area (Å²) in [6, 6.07) is 0. The van der Waals surface area contributed by atoms with E-state index in [9.17, 15) is 0 Å². The number of hydrogen-bond donors (Lipinski definition) is 1. The maximum Gasteiger partial charge on any atom is 0.0974 e. The van der Waals surface area contributed by atoms with Crippen LogP contribution in [-0.4, -0.2) is 22.4 Å². The lowest BCUT2D eigenvalue weighted by Gasteiger charge is -1.76. The third-order valence-electron chi connectivity index (χ3n) is 1.48. The lowest BCUT2D eigenvalue weighted by atomic mass is 10.4. The van der Waals surface area contributed by atoms with Crippen LogP contribution < -0.4 is 5.32 Å². The molecule has 4 heteroatoms. The summed E-state index contributed by atoms with van der Waals surface area (Å²) in [5.41, 5.74) is 0. The van der Waals surface area contributed by atoms with Gasteiger partial charge in [0.25, 0.3) is 0 Å². The minimum Gasteiger partial charge on any atom is -0.322 e. The van der Waals surface area contributed by atoms with Crippen molar-refractivity contribution >= 4 is 9.39 Å². The topological polar surface area (TPSA) is 29.9 Å². The van der Waals surface area contributed by atoms with Gasteiger partial charge < -0.3 is 9.65 Å². The van der Waals surface area contributed by atoms with E-state index < -0.39 is 0 Å². The Morgan fingerprint density at radius 2 is 2.09 bits per heavy atom. The summed E-state index contributed by atoms with van der Waals surface area (Å²) in [5.74, 6) is 0. The highest BCUT2D eigenvalue weighted by molar-refractivity contribution is 7.14. The van der Waals surface area contributed by atoms with Crippen LogP contribution in [0, 0.1) is 0 Å². The Morgan fingerprint density at radius 3 is 2.27 bits per heavy atom. The van der Waals surface area contributed by atoms with Crippen molar-refractivity contribution in [3.05, 3.63) is 18.7 Å². The Morgan fingerprint density at radius 1 is 1.36 bits per heavy atom. The molecule has 3 nitrogen and oxygen atoms in total. The Balaban J connectivity index is 0.000000112. The predicted octanol–water partition coefficient (Wildman–Crippen LogP) is 0.891. The average Bonchev–Trinajstić information content (AvgIpc) is 2.57. The Hall–Kier alpha value is -0.400. The molecule has 0 radical (unpaired) electrons. The lowest BCUT2D eigenvalue weighted by Crippen LogP contribution is -2.03. The van der Waals surface area contributed by atoms with Crippen LogP contribution in [0.2, 0.25) is 0 Å². The van der Waals surface area contributed by atoms with E-state index in [0.29, 0.717) is 0 Å². The first-order valence-corrected chi connectivity index (χ1v) is 4.35. The molecule has 1 aromatic heterocycles. The molecule has 11 heavy (non-hydrogen) atoms. The first-order chi connectivity index (χ1) is 5.39. The van der Waals surface area contributed by atoms with Crippen molar-refractivity contribution in [1.82, 2.24) is 14.6 Å². The zero-order valence-corrected chi connectivity index (χ0v) is 7.69. The second-order valence-corrected chi connectivity index (χ2v) is 3.06. The van der Waals surface area contributed by atoms with E-state index >= 15 is 0 Å². The van der Waals surface area contributed by atoms with Crippen LogP contribution in [0.15, 0.2) is 18.7 Å². The van der Waals surface area contributed by atoms with Crippen molar-refractivity contribution in [2.45, 2.75) is 12.8 Å². The zero-order valence-electron chi connectivity index (χ0n) is 6.53. The molecule has 0 aromatic carbocycles. The molecule has 1 N–H and O–H groups in total. The van der Waals surface area contributed by atoms with Crippen molar-refractivity contribution in [2.75, 3.05) is 13.1 Å². The van der Waals surface area contributed by atoms with E-state index in [1.807, 2.05) is 6.20 Å². The molecular formula is C7H14N3P. The van der Waals surface area contributed by atoms with Crippen LogP contribution in [0.5, 0.6) is 0 Å². The molecule has 0 amide bonds. The van der Waals surface area contributed by atoms with E-state index in [1.165, 1.54) is 25.9 Å². The zero-order chi connectivity index (χ0) is 7.94. The van der Waals surface area contributed by atoms with Gasteiger partial charge in [-0.25, -0.2) is 4.98 Å². The smallest absolute Gasteiger partial charge is 0.0974 e. The van der Waals surface area contributed by atoms with Gasteiger partial charge in [0, 0.05) is 12.4 Å². The predicted molar refractivity (Wildman–Crippen MR) is 49.4 cm³/mol.